The molecule has 0 amide bonds. The largest absolute Gasteiger partial charge is 0.466 e. The van der Waals surface area contributed by atoms with Crippen molar-refractivity contribution in [1.82, 2.24) is 0 Å². The van der Waals surface area contributed by atoms with Crippen LogP contribution in [0.2, 0.25) is 0 Å². The van der Waals surface area contributed by atoms with Gasteiger partial charge in [-0.15, -0.1) is 11.6 Å². The predicted molar refractivity (Wildman–Crippen MR) is 154 cm³/mol. The minimum absolute atomic E-state index is 0.0421. The smallest absolute Gasteiger partial charge is 0.305 e. The molecule has 0 N–H and O–H groups in total. The number of esters is 2. The van der Waals surface area contributed by atoms with E-state index in [-0.39, 0.29) is 11.9 Å². The molecule has 0 aliphatic carbocycles. The van der Waals surface area contributed by atoms with Crippen LogP contribution in [-0.2, 0) is 19.1 Å². The normalized spacial score (nSPS) is 11.1. The van der Waals surface area contributed by atoms with Gasteiger partial charge in [-0.1, -0.05) is 122 Å². The lowest BCUT2D eigenvalue weighted by atomic mass is 10.1. The monoisotopic (exact) mass is 530 g/mol. The number of halogens is 1. The first-order valence-electron chi connectivity index (χ1n) is 15.6. The van der Waals surface area contributed by atoms with Gasteiger partial charge in [0.1, 0.15) is 0 Å². The molecular weight excluding hydrogens is 472 g/mol. The van der Waals surface area contributed by atoms with Gasteiger partial charge < -0.3 is 9.47 Å². The van der Waals surface area contributed by atoms with Gasteiger partial charge in [-0.05, 0) is 32.1 Å². The molecule has 214 valence electrons. The molecule has 0 aliphatic heterocycles. The molecule has 0 unspecified atom stereocenters. The third-order valence-corrected chi connectivity index (χ3v) is 7.08. The summed E-state index contributed by atoms with van der Waals surface area (Å²) < 4.78 is 10.7. The van der Waals surface area contributed by atoms with Crippen molar-refractivity contribution in [3.8, 4) is 0 Å². The lowest BCUT2D eigenvalue weighted by Gasteiger charge is -2.06. The second-order valence-corrected chi connectivity index (χ2v) is 10.8. The highest BCUT2D eigenvalue weighted by Crippen LogP contribution is 2.12. The minimum Gasteiger partial charge on any atom is -0.466 e. The molecule has 0 atom stereocenters. The number of hydrogen-bond donors (Lipinski definition) is 0. The van der Waals surface area contributed by atoms with Crippen LogP contribution in [0.25, 0.3) is 0 Å². The fraction of sp³-hybridized carbons (Fsp3) is 0.935. The van der Waals surface area contributed by atoms with Crippen molar-refractivity contribution < 1.29 is 19.1 Å². The molecule has 0 saturated carbocycles. The number of ether oxygens (including phenoxy) is 2. The standard InChI is InChI=1S/C31H59ClO4/c1-2-3-4-5-6-8-13-18-23-28-35-30(33)25-20-15-10-11-16-21-26-31(34)36-29-24-19-14-9-7-12-17-22-27-32/h2-29H2,1H3. The topological polar surface area (TPSA) is 52.6 Å². The van der Waals surface area contributed by atoms with Crippen molar-refractivity contribution >= 4 is 23.5 Å². The number of unbranched alkanes of at least 4 members (excludes halogenated alkanes) is 20. The van der Waals surface area contributed by atoms with Crippen LogP contribution in [0.3, 0.4) is 0 Å². The molecule has 0 fully saturated rings. The Kier molecular flexibility index (Phi) is 29.8. The SMILES string of the molecule is CCCCCCCCCCCOC(=O)CCCCCCCCC(=O)OCCCCCCCCCCCl. The zero-order valence-corrected chi connectivity index (χ0v) is 24.6. The van der Waals surface area contributed by atoms with Gasteiger partial charge in [0.2, 0.25) is 0 Å². The molecule has 0 saturated heterocycles. The zero-order chi connectivity index (χ0) is 26.4. The van der Waals surface area contributed by atoms with Crippen LogP contribution in [0.15, 0.2) is 0 Å². The van der Waals surface area contributed by atoms with E-state index in [0.29, 0.717) is 26.1 Å². The number of alkyl halides is 1. The van der Waals surface area contributed by atoms with Crippen LogP contribution < -0.4 is 0 Å². The molecule has 0 aromatic heterocycles. The summed E-state index contributed by atoms with van der Waals surface area (Å²) in [5, 5.41) is 0. The predicted octanol–water partition coefficient (Wildman–Crippen LogP) is 10.1. The van der Waals surface area contributed by atoms with Gasteiger partial charge in [0, 0.05) is 18.7 Å². The summed E-state index contributed by atoms with van der Waals surface area (Å²) in [6, 6.07) is 0. The van der Waals surface area contributed by atoms with Crippen molar-refractivity contribution in [2.24, 2.45) is 0 Å². The van der Waals surface area contributed by atoms with Crippen LogP contribution in [0, 0.1) is 0 Å². The summed E-state index contributed by atoms with van der Waals surface area (Å²) in [5.41, 5.74) is 0. The summed E-state index contributed by atoms with van der Waals surface area (Å²) in [6.07, 6.45) is 28.3. The number of carbonyl (C=O) groups is 2. The Labute approximate surface area is 229 Å². The van der Waals surface area contributed by atoms with Gasteiger partial charge in [0.05, 0.1) is 13.2 Å². The number of rotatable bonds is 29. The molecule has 0 aliphatic rings. The first-order valence-corrected chi connectivity index (χ1v) is 16.1. The van der Waals surface area contributed by atoms with Gasteiger partial charge in [0.25, 0.3) is 0 Å². The van der Waals surface area contributed by atoms with E-state index in [9.17, 15) is 9.59 Å². The van der Waals surface area contributed by atoms with E-state index in [1.54, 1.807) is 0 Å². The van der Waals surface area contributed by atoms with Crippen LogP contribution in [-0.4, -0.2) is 31.0 Å². The van der Waals surface area contributed by atoms with Gasteiger partial charge in [-0.25, -0.2) is 0 Å². The van der Waals surface area contributed by atoms with Crippen LogP contribution in [0.5, 0.6) is 0 Å². The molecule has 0 spiro atoms. The van der Waals surface area contributed by atoms with Gasteiger partial charge in [0.15, 0.2) is 0 Å². The third-order valence-electron chi connectivity index (χ3n) is 6.81. The maximum Gasteiger partial charge on any atom is 0.305 e. The molecule has 0 aromatic carbocycles. The molecule has 5 heteroatoms. The van der Waals surface area contributed by atoms with E-state index >= 15 is 0 Å². The van der Waals surface area contributed by atoms with Gasteiger partial charge >= 0.3 is 11.9 Å². The van der Waals surface area contributed by atoms with Gasteiger partial charge in [-0.2, -0.15) is 0 Å². The van der Waals surface area contributed by atoms with Crippen molar-refractivity contribution in [2.45, 2.75) is 167 Å². The van der Waals surface area contributed by atoms with E-state index in [4.69, 9.17) is 21.1 Å². The molecule has 0 bridgehead atoms. The molecule has 0 rings (SSSR count). The Bertz CT molecular complexity index is 427. The summed E-state index contributed by atoms with van der Waals surface area (Å²) >= 11 is 5.68. The highest BCUT2D eigenvalue weighted by atomic mass is 35.5. The minimum atomic E-state index is -0.0502. The Morgan fingerprint density at radius 2 is 0.750 bits per heavy atom. The van der Waals surface area contributed by atoms with Crippen LogP contribution in [0.1, 0.15) is 167 Å². The van der Waals surface area contributed by atoms with E-state index in [2.05, 4.69) is 6.92 Å². The Hall–Kier alpha value is -0.770. The Morgan fingerprint density at radius 3 is 1.11 bits per heavy atom. The van der Waals surface area contributed by atoms with Crippen molar-refractivity contribution in [3.05, 3.63) is 0 Å². The van der Waals surface area contributed by atoms with E-state index in [1.165, 1.54) is 83.5 Å². The van der Waals surface area contributed by atoms with E-state index < -0.39 is 0 Å². The molecule has 0 radical (unpaired) electrons. The van der Waals surface area contributed by atoms with Crippen LogP contribution >= 0.6 is 11.6 Å². The lowest BCUT2D eigenvalue weighted by Crippen LogP contribution is -2.06. The zero-order valence-electron chi connectivity index (χ0n) is 23.8. The van der Waals surface area contributed by atoms with Crippen molar-refractivity contribution in [3.63, 3.8) is 0 Å². The third kappa shape index (κ3) is 29.5. The first-order chi connectivity index (χ1) is 17.7. The summed E-state index contributed by atoms with van der Waals surface area (Å²) in [5.74, 6) is 0.688. The lowest BCUT2D eigenvalue weighted by molar-refractivity contribution is -0.144. The van der Waals surface area contributed by atoms with Crippen molar-refractivity contribution in [1.29, 1.82) is 0 Å². The number of carbonyl (C=O) groups excluding carboxylic acids is 2. The molecular formula is C31H59ClO4. The van der Waals surface area contributed by atoms with E-state index in [0.717, 1.165) is 70.1 Å². The van der Waals surface area contributed by atoms with Crippen LogP contribution in [0.4, 0.5) is 0 Å². The fourth-order valence-electron chi connectivity index (χ4n) is 4.43. The highest BCUT2D eigenvalue weighted by Gasteiger charge is 2.04. The Balaban J connectivity index is 3.25. The average molecular weight is 531 g/mol. The highest BCUT2D eigenvalue weighted by molar-refractivity contribution is 6.17. The quantitative estimate of drug-likeness (QED) is 0.0548. The van der Waals surface area contributed by atoms with Crippen molar-refractivity contribution in [2.75, 3.05) is 19.1 Å². The second kappa shape index (κ2) is 30.5. The maximum atomic E-state index is 11.8. The molecule has 0 aromatic rings. The Morgan fingerprint density at radius 1 is 0.444 bits per heavy atom. The molecule has 0 heterocycles. The van der Waals surface area contributed by atoms with Gasteiger partial charge in [-0.3, -0.25) is 9.59 Å². The number of hydrogen-bond acceptors (Lipinski definition) is 4. The van der Waals surface area contributed by atoms with E-state index in [1.807, 2.05) is 0 Å². The fourth-order valence-corrected chi connectivity index (χ4v) is 4.62. The maximum absolute atomic E-state index is 11.8. The average Bonchev–Trinajstić information content (AvgIpc) is 2.87. The summed E-state index contributed by atoms with van der Waals surface area (Å²) in [6.45, 7) is 3.41. The summed E-state index contributed by atoms with van der Waals surface area (Å²) in [7, 11) is 0. The summed E-state index contributed by atoms with van der Waals surface area (Å²) in [4.78, 5) is 23.6. The first kappa shape index (κ1) is 35.2. The second-order valence-electron chi connectivity index (χ2n) is 10.4. The molecule has 4 nitrogen and oxygen atoms in total. The molecule has 36 heavy (non-hydrogen) atoms.